The number of nitrogens with zero attached hydrogens (tertiary/aromatic N) is 3. The van der Waals surface area contributed by atoms with Gasteiger partial charge in [0.25, 0.3) is 0 Å². The molecule has 3 aliphatic rings. The van der Waals surface area contributed by atoms with E-state index in [1.54, 1.807) is 14.2 Å². The summed E-state index contributed by atoms with van der Waals surface area (Å²) in [4.78, 5) is 32.6. The first-order valence-electron chi connectivity index (χ1n) is 11.3. The van der Waals surface area contributed by atoms with Crippen LogP contribution in [-0.2, 0) is 20.7 Å². The van der Waals surface area contributed by atoms with Crippen LogP contribution in [0.25, 0.3) is 0 Å². The van der Waals surface area contributed by atoms with E-state index in [0.717, 1.165) is 69.8 Å². The van der Waals surface area contributed by atoms with Crippen molar-refractivity contribution in [1.29, 1.82) is 0 Å². The highest BCUT2D eigenvalue weighted by atomic mass is 16.5. The van der Waals surface area contributed by atoms with E-state index in [1.165, 1.54) is 0 Å². The number of hydrogen-bond acceptors (Lipinski definition) is 5. The zero-order chi connectivity index (χ0) is 22.1. The van der Waals surface area contributed by atoms with E-state index in [1.807, 2.05) is 41.1 Å². The molecule has 3 saturated heterocycles. The fraction of sp³-hybridized carbons (Fsp3) is 0.667. The molecule has 7 heteroatoms. The quantitative estimate of drug-likeness (QED) is 0.688. The standard InChI is InChI=1S/C24H35N3O4/c1-25-11-10-24(22(25)29)18-26(14-15-30-2)17-23(24)8-12-27(13-9-23)21(28)16-19-4-6-20(31-3)7-5-19/h4-7H,8-18H2,1-3H3. The Morgan fingerprint density at radius 2 is 1.74 bits per heavy atom. The molecule has 0 N–H and O–H groups in total. The van der Waals surface area contributed by atoms with Crippen LogP contribution < -0.4 is 4.74 Å². The molecule has 0 aliphatic carbocycles. The predicted molar refractivity (Wildman–Crippen MR) is 118 cm³/mol. The third-order valence-electron chi connectivity index (χ3n) is 7.86. The van der Waals surface area contributed by atoms with Crippen LogP contribution >= 0.6 is 0 Å². The molecule has 3 aliphatic heterocycles. The normalized spacial score (nSPS) is 25.7. The highest BCUT2D eigenvalue weighted by Gasteiger charge is 2.64. The first-order chi connectivity index (χ1) is 14.9. The molecule has 0 bridgehead atoms. The highest BCUT2D eigenvalue weighted by molar-refractivity contribution is 5.86. The summed E-state index contributed by atoms with van der Waals surface area (Å²) in [6, 6.07) is 7.70. The smallest absolute Gasteiger partial charge is 0.230 e. The summed E-state index contributed by atoms with van der Waals surface area (Å²) in [6.45, 7) is 5.58. The summed E-state index contributed by atoms with van der Waals surface area (Å²) in [6.07, 6.45) is 3.12. The average molecular weight is 430 g/mol. The Morgan fingerprint density at radius 3 is 2.32 bits per heavy atom. The number of rotatable bonds is 6. The predicted octanol–water partition coefficient (Wildman–Crippen LogP) is 1.66. The Morgan fingerprint density at radius 1 is 1.03 bits per heavy atom. The monoisotopic (exact) mass is 429 g/mol. The van der Waals surface area contributed by atoms with Gasteiger partial charge in [0.2, 0.25) is 11.8 Å². The topological polar surface area (TPSA) is 62.3 Å². The second-order valence-corrected chi connectivity index (χ2v) is 9.45. The van der Waals surface area contributed by atoms with Crippen LogP contribution in [0.1, 0.15) is 24.8 Å². The average Bonchev–Trinajstić information content (AvgIpc) is 3.25. The number of methoxy groups -OCH3 is 2. The minimum Gasteiger partial charge on any atom is -0.497 e. The first-order valence-corrected chi connectivity index (χ1v) is 11.3. The molecular formula is C24H35N3O4. The number of likely N-dealkylation sites (tertiary alicyclic amines) is 3. The van der Waals surface area contributed by atoms with Gasteiger partial charge >= 0.3 is 0 Å². The van der Waals surface area contributed by atoms with Gasteiger partial charge in [-0.1, -0.05) is 12.1 Å². The van der Waals surface area contributed by atoms with Crippen molar-refractivity contribution in [3.63, 3.8) is 0 Å². The van der Waals surface area contributed by atoms with E-state index in [-0.39, 0.29) is 16.7 Å². The molecule has 3 heterocycles. The van der Waals surface area contributed by atoms with Crippen molar-refractivity contribution < 1.29 is 19.1 Å². The molecule has 170 valence electrons. The summed E-state index contributed by atoms with van der Waals surface area (Å²) in [5.74, 6) is 1.26. The van der Waals surface area contributed by atoms with Gasteiger partial charge in [0.15, 0.2) is 0 Å². The van der Waals surface area contributed by atoms with Crippen molar-refractivity contribution in [1.82, 2.24) is 14.7 Å². The van der Waals surface area contributed by atoms with Crippen LogP contribution in [0.3, 0.4) is 0 Å². The lowest BCUT2D eigenvalue weighted by molar-refractivity contribution is -0.143. The van der Waals surface area contributed by atoms with E-state index >= 15 is 0 Å². The SMILES string of the molecule is COCCN1CC2(CCN(C(=O)Cc3ccc(OC)cc3)CC2)C2(CCN(C)C2=O)C1. The molecule has 3 fully saturated rings. The number of hydrogen-bond donors (Lipinski definition) is 0. The fourth-order valence-corrected chi connectivity index (χ4v) is 5.98. The Labute approximate surface area is 185 Å². The molecule has 0 saturated carbocycles. The van der Waals surface area contributed by atoms with Gasteiger partial charge in [0.1, 0.15) is 5.75 Å². The van der Waals surface area contributed by atoms with Gasteiger partial charge in [-0.05, 0) is 37.0 Å². The summed E-state index contributed by atoms with van der Waals surface area (Å²) < 4.78 is 10.5. The first kappa shape index (κ1) is 22.1. The zero-order valence-corrected chi connectivity index (χ0v) is 19.1. The van der Waals surface area contributed by atoms with Gasteiger partial charge in [-0.25, -0.2) is 0 Å². The minimum absolute atomic E-state index is 0.0422. The molecular weight excluding hydrogens is 394 g/mol. The number of fused-ring (bicyclic) bond motifs is 1. The van der Waals surface area contributed by atoms with Crippen LogP contribution in [0, 0.1) is 10.8 Å². The van der Waals surface area contributed by atoms with Gasteiger partial charge in [-0.3, -0.25) is 14.5 Å². The van der Waals surface area contributed by atoms with Crippen LogP contribution in [0.4, 0.5) is 0 Å². The van der Waals surface area contributed by atoms with Gasteiger partial charge < -0.3 is 19.3 Å². The summed E-state index contributed by atoms with van der Waals surface area (Å²) >= 11 is 0. The molecule has 1 aromatic rings. The second-order valence-electron chi connectivity index (χ2n) is 9.45. The third-order valence-corrected chi connectivity index (χ3v) is 7.86. The molecule has 31 heavy (non-hydrogen) atoms. The molecule has 0 aromatic heterocycles. The molecule has 1 aromatic carbocycles. The summed E-state index contributed by atoms with van der Waals surface area (Å²) in [5.41, 5.74) is 0.654. The highest BCUT2D eigenvalue weighted by Crippen LogP contribution is 2.57. The minimum atomic E-state index is -0.305. The van der Waals surface area contributed by atoms with Gasteiger partial charge in [-0.2, -0.15) is 0 Å². The molecule has 2 spiro atoms. The lowest BCUT2D eigenvalue weighted by Gasteiger charge is -2.47. The Bertz CT molecular complexity index is 804. The van der Waals surface area contributed by atoms with E-state index < -0.39 is 0 Å². The number of amides is 2. The number of carbonyl (C=O) groups is 2. The van der Waals surface area contributed by atoms with Crippen LogP contribution in [0.15, 0.2) is 24.3 Å². The Balaban J connectivity index is 1.44. The largest absolute Gasteiger partial charge is 0.497 e. The van der Waals surface area contributed by atoms with Crippen LogP contribution in [-0.4, -0.2) is 93.7 Å². The molecule has 0 radical (unpaired) electrons. The van der Waals surface area contributed by atoms with Crippen LogP contribution in [0.2, 0.25) is 0 Å². The Hall–Kier alpha value is -2.12. The van der Waals surface area contributed by atoms with Crippen molar-refractivity contribution in [2.45, 2.75) is 25.7 Å². The molecule has 4 rings (SSSR count). The summed E-state index contributed by atoms with van der Waals surface area (Å²) in [7, 11) is 5.29. The lowest BCUT2D eigenvalue weighted by Crippen LogP contribution is -2.53. The molecule has 2 amide bonds. The zero-order valence-electron chi connectivity index (χ0n) is 19.1. The molecule has 1 atom stereocenters. The van der Waals surface area contributed by atoms with E-state index in [0.29, 0.717) is 18.9 Å². The van der Waals surface area contributed by atoms with Gasteiger partial charge in [-0.15, -0.1) is 0 Å². The van der Waals surface area contributed by atoms with Crippen LogP contribution in [0.5, 0.6) is 5.75 Å². The fourth-order valence-electron chi connectivity index (χ4n) is 5.98. The maximum absolute atomic E-state index is 13.3. The van der Waals surface area contributed by atoms with Crippen molar-refractivity contribution in [2.75, 3.05) is 67.1 Å². The molecule has 7 nitrogen and oxygen atoms in total. The number of piperidine rings is 1. The van der Waals surface area contributed by atoms with Crippen molar-refractivity contribution >= 4 is 11.8 Å². The maximum Gasteiger partial charge on any atom is 0.230 e. The van der Waals surface area contributed by atoms with E-state index in [9.17, 15) is 9.59 Å². The number of carbonyl (C=O) groups excluding carboxylic acids is 2. The van der Waals surface area contributed by atoms with Gasteiger partial charge in [0.05, 0.1) is 25.6 Å². The lowest BCUT2D eigenvalue weighted by atomic mass is 9.60. The van der Waals surface area contributed by atoms with Crippen molar-refractivity contribution in [3.05, 3.63) is 29.8 Å². The van der Waals surface area contributed by atoms with Crippen molar-refractivity contribution in [2.24, 2.45) is 10.8 Å². The number of benzene rings is 1. The second kappa shape index (κ2) is 8.79. The van der Waals surface area contributed by atoms with E-state index in [4.69, 9.17) is 9.47 Å². The van der Waals surface area contributed by atoms with Gasteiger partial charge in [0, 0.05) is 58.8 Å². The third kappa shape index (κ3) is 3.94. The molecule has 1 unspecified atom stereocenters. The summed E-state index contributed by atoms with van der Waals surface area (Å²) in [5, 5.41) is 0. The number of ether oxygens (including phenoxy) is 2. The van der Waals surface area contributed by atoms with Crippen molar-refractivity contribution in [3.8, 4) is 5.75 Å². The maximum atomic E-state index is 13.3. The Kier molecular flexibility index (Phi) is 6.26. The van der Waals surface area contributed by atoms with E-state index in [2.05, 4.69) is 4.90 Å².